The Hall–Kier alpha value is -1.74. The molecule has 0 spiro atoms. The smallest absolute Gasteiger partial charge is 0.154 e. The number of hydrogen-bond donors (Lipinski definition) is 1. The topological polar surface area (TPSA) is 353 Å². The van der Waals surface area contributed by atoms with Crippen LogP contribution in [-0.2, 0) is 171 Å². The number of aliphatic hydroxyl groups excluding tert-OH is 1. The molecule has 27 unspecified atom stereocenters. The maximum Gasteiger partial charge on any atom is 0.154 e. The van der Waals surface area contributed by atoms with Crippen LogP contribution in [0.15, 0.2) is 12.2 Å². The summed E-state index contributed by atoms with van der Waals surface area (Å²) in [4.78, 5) is 0. The molecule has 0 aliphatic heterocycles. The van der Waals surface area contributed by atoms with Gasteiger partial charge in [0, 0.05) is 79.3 Å². The minimum absolute atomic E-state index is 0.00174. The number of ether oxygens (including phenoxy) is 36. The summed E-state index contributed by atoms with van der Waals surface area (Å²) >= 11 is 0. The summed E-state index contributed by atoms with van der Waals surface area (Å²) in [7, 11) is 0. The van der Waals surface area contributed by atoms with Gasteiger partial charge in [-0.25, -0.2) is 0 Å². The normalized spacial score (nSPS) is 20.6. The second kappa shape index (κ2) is 81.1. The third-order valence-corrected chi connectivity index (χ3v) is 19.8. The Kier molecular flexibility index (Phi) is 77.6. The van der Waals surface area contributed by atoms with E-state index in [-0.39, 0.29) is 152 Å². The standard InChI is InChI=1S/C92H180O37/c1-25-95-66(13)107-42-81(93)43-119-83(46-109-68(15)97-27-3)56-121-85(48-111-70(17)99-29-5)58-123-87(50-113-72(19)101-31-7)60-125-89(52-115-74(21)103-33-9)62-127-91(54-117-76(23)105-35-11)64-129-92(55-118-77(24)106-36-12)65-128-90(53-116-75(22)104-34-10)63-126-88(51-114-73(20)102-32-8)61-124-86(49-112-71(18)100-30-6)59-122-84(47-110-69(16)98-28-4)57-120-82(45-108-67(14)96-26-2)44-94-41-80-40-78-37-38-79(80)39-78/h37-38,66-93H,25-36,39-65H2,1-24H3. The molecule has 0 radical (unpaired) electrons. The molecule has 0 amide bonds. The van der Waals surface area contributed by atoms with Crippen molar-refractivity contribution in [3.8, 4) is 0 Å². The van der Waals surface area contributed by atoms with Gasteiger partial charge in [0.1, 0.15) is 73.2 Å². The quantitative estimate of drug-likeness (QED) is 0.0436. The Morgan fingerprint density at radius 1 is 0.186 bits per heavy atom. The van der Waals surface area contributed by atoms with Crippen molar-refractivity contribution in [3.63, 3.8) is 0 Å². The number of fused-ring (bicyclic) bond motifs is 2. The van der Waals surface area contributed by atoms with Crippen LogP contribution in [0, 0.1) is 17.8 Å². The first kappa shape index (κ1) is 123. The zero-order valence-corrected chi connectivity index (χ0v) is 83.5. The van der Waals surface area contributed by atoms with Crippen LogP contribution in [0.1, 0.15) is 179 Å². The predicted octanol–water partition coefficient (Wildman–Crippen LogP) is 10.6. The number of rotatable bonds is 97. The number of aliphatic hydroxyl groups is 1. The van der Waals surface area contributed by atoms with E-state index < -0.39 is 149 Å². The molecule has 129 heavy (non-hydrogen) atoms. The first-order chi connectivity index (χ1) is 62.3. The van der Waals surface area contributed by atoms with Crippen LogP contribution in [-0.4, -0.2) is 398 Å². The minimum atomic E-state index is -0.975. The second-order valence-electron chi connectivity index (χ2n) is 31.0. The van der Waals surface area contributed by atoms with Gasteiger partial charge in [-0.15, -0.1) is 0 Å². The van der Waals surface area contributed by atoms with E-state index in [1.165, 1.54) is 6.42 Å². The van der Waals surface area contributed by atoms with Crippen LogP contribution in [0.3, 0.4) is 0 Å². The summed E-state index contributed by atoms with van der Waals surface area (Å²) in [5.41, 5.74) is 0. The summed E-state index contributed by atoms with van der Waals surface area (Å²) in [5, 5.41) is 10.9. The van der Waals surface area contributed by atoms with Crippen molar-refractivity contribution < 1.29 is 176 Å². The van der Waals surface area contributed by atoms with Crippen LogP contribution in [0.25, 0.3) is 0 Å². The van der Waals surface area contributed by atoms with Gasteiger partial charge in [0.15, 0.2) is 75.5 Å². The van der Waals surface area contributed by atoms with Crippen molar-refractivity contribution in [2.75, 3.05) is 244 Å². The van der Waals surface area contributed by atoms with Crippen molar-refractivity contribution in [2.45, 2.75) is 328 Å². The highest BCUT2D eigenvalue weighted by Crippen LogP contribution is 2.43. The molecule has 1 fully saturated rings. The van der Waals surface area contributed by atoms with Gasteiger partial charge < -0.3 is 176 Å². The Balaban J connectivity index is 2.62. The molecule has 2 aliphatic rings. The van der Waals surface area contributed by atoms with Gasteiger partial charge in [-0.2, -0.15) is 0 Å². The lowest BCUT2D eigenvalue weighted by Crippen LogP contribution is -2.41. The molecule has 37 nitrogen and oxygen atoms in total. The lowest BCUT2D eigenvalue weighted by Gasteiger charge is -2.30. The molecule has 0 aromatic rings. The third-order valence-electron chi connectivity index (χ3n) is 19.8. The molecule has 770 valence electrons. The molecule has 1 N–H and O–H groups in total. The Bertz CT molecular complexity index is 2470. The zero-order valence-electron chi connectivity index (χ0n) is 83.5. The fraction of sp³-hybridized carbons (Fsp3) is 0.978. The van der Waals surface area contributed by atoms with Gasteiger partial charge in [-0.1, -0.05) is 12.2 Å². The number of allylic oxidation sites excluding steroid dienone is 2. The van der Waals surface area contributed by atoms with E-state index in [1.807, 2.05) is 125 Å². The Morgan fingerprint density at radius 2 is 0.333 bits per heavy atom. The van der Waals surface area contributed by atoms with E-state index in [1.54, 1.807) is 41.5 Å². The highest BCUT2D eigenvalue weighted by molar-refractivity contribution is 5.10. The Morgan fingerprint density at radius 3 is 0.488 bits per heavy atom. The largest absolute Gasteiger partial charge is 0.388 e. The van der Waals surface area contributed by atoms with Gasteiger partial charge in [0.05, 0.1) is 165 Å². The van der Waals surface area contributed by atoms with Crippen molar-refractivity contribution in [2.24, 2.45) is 17.8 Å². The van der Waals surface area contributed by atoms with Crippen LogP contribution in [0.2, 0.25) is 0 Å². The van der Waals surface area contributed by atoms with Gasteiger partial charge in [0.2, 0.25) is 0 Å². The summed E-state index contributed by atoms with van der Waals surface area (Å²) in [6, 6.07) is 0. The van der Waals surface area contributed by atoms with Crippen molar-refractivity contribution in [1.82, 2.24) is 0 Å². The average molecular weight is 1880 g/mol. The molecular formula is C92H180O37. The predicted molar refractivity (Wildman–Crippen MR) is 477 cm³/mol. The van der Waals surface area contributed by atoms with Crippen LogP contribution in [0.4, 0.5) is 0 Å². The average Bonchev–Trinajstić information content (AvgIpc) is 1.68. The zero-order chi connectivity index (χ0) is 95.0. The van der Waals surface area contributed by atoms with E-state index in [0.717, 1.165) is 6.42 Å². The molecule has 0 saturated heterocycles. The molecule has 2 rings (SSSR count). The van der Waals surface area contributed by atoms with Crippen LogP contribution < -0.4 is 0 Å². The molecule has 0 aromatic carbocycles. The highest BCUT2D eigenvalue weighted by atomic mass is 16.8. The van der Waals surface area contributed by atoms with Gasteiger partial charge in [-0.3, -0.25) is 0 Å². The Labute approximate surface area is 774 Å². The summed E-state index contributed by atoms with van der Waals surface area (Å²) < 4.78 is 223. The van der Waals surface area contributed by atoms with Gasteiger partial charge in [-0.05, 0) is 197 Å². The molecule has 37 heteroatoms. The SMILES string of the molecule is CCOC(C)OCC(O)COC(COC(COC(COC(COC(COC(COC(COC(COC(COC(COC(COCC1CC2C=CC1C2)COC(C)OCC)COC(C)OCC)COC(C)OCC)COC(C)OCC)COC(C)OCC)COC(C)OCC)COC(C)OCC)COC(C)OCC)COC(C)OCC)COC(C)OCC)COC(C)OCC. The van der Waals surface area contributed by atoms with E-state index in [4.69, 9.17) is 171 Å². The second-order valence-corrected chi connectivity index (χ2v) is 31.0. The lowest BCUT2D eigenvalue weighted by molar-refractivity contribution is -0.208. The van der Waals surface area contributed by atoms with Gasteiger partial charge >= 0.3 is 0 Å². The highest BCUT2D eigenvalue weighted by Gasteiger charge is 2.36. The molecule has 0 aromatic heterocycles. The molecular weight excluding hydrogens is 1700 g/mol. The molecule has 0 heterocycles. The monoisotopic (exact) mass is 1880 g/mol. The maximum atomic E-state index is 10.9. The lowest BCUT2D eigenvalue weighted by atomic mass is 9.95. The van der Waals surface area contributed by atoms with E-state index in [9.17, 15) is 5.11 Å². The molecule has 1 saturated carbocycles. The summed E-state index contributed by atoms with van der Waals surface area (Å²) in [6.07, 6.45) is -8.30. The fourth-order valence-electron chi connectivity index (χ4n) is 13.1. The first-order valence-electron chi connectivity index (χ1n) is 47.8. The summed E-state index contributed by atoms with van der Waals surface area (Å²) in [5.74, 6) is 1.64. The van der Waals surface area contributed by atoms with E-state index >= 15 is 0 Å². The maximum absolute atomic E-state index is 10.9. The summed E-state index contributed by atoms with van der Waals surface area (Å²) in [6.45, 7) is 51.2. The molecule has 2 bridgehead atoms. The van der Waals surface area contributed by atoms with Crippen LogP contribution >= 0.6 is 0 Å². The third kappa shape index (κ3) is 65.7. The van der Waals surface area contributed by atoms with Crippen molar-refractivity contribution >= 4 is 0 Å². The molecule has 2 aliphatic carbocycles. The first-order valence-corrected chi connectivity index (χ1v) is 47.8. The fourth-order valence-corrected chi connectivity index (χ4v) is 13.1. The minimum Gasteiger partial charge on any atom is -0.388 e. The van der Waals surface area contributed by atoms with Crippen LogP contribution in [0.5, 0.6) is 0 Å². The van der Waals surface area contributed by atoms with Gasteiger partial charge in [0.25, 0.3) is 0 Å². The van der Waals surface area contributed by atoms with E-state index in [0.29, 0.717) is 110 Å². The van der Waals surface area contributed by atoms with E-state index in [2.05, 4.69) is 12.2 Å². The number of hydrogen-bond acceptors (Lipinski definition) is 37. The molecule has 27 atom stereocenters. The van der Waals surface area contributed by atoms with Crippen molar-refractivity contribution in [1.29, 1.82) is 0 Å². The van der Waals surface area contributed by atoms with Crippen molar-refractivity contribution in [3.05, 3.63) is 12.2 Å².